The van der Waals surface area contributed by atoms with Gasteiger partial charge in [0.25, 0.3) is 5.69 Å². The molecule has 23 heavy (non-hydrogen) atoms. The van der Waals surface area contributed by atoms with Gasteiger partial charge in [-0.3, -0.25) is 19.7 Å². The van der Waals surface area contributed by atoms with Crippen molar-refractivity contribution in [3.63, 3.8) is 0 Å². The van der Waals surface area contributed by atoms with Gasteiger partial charge in [-0.25, -0.2) is 0 Å². The van der Waals surface area contributed by atoms with Crippen LogP contribution >= 0.6 is 11.8 Å². The van der Waals surface area contributed by atoms with Gasteiger partial charge in [0.2, 0.25) is 11.8 Å². The Morgan fingerprint density at radius 1 is 1.35 bits per heavy atom. The highest BCUT2D eigenvalue weighted by atomic mass is 32.2. The summed E-state index contributed by atoms with van der Waals surface area (Å²) in [7, 11) is 0. The van der Waals surface area contributed by atoms with Crippen molar-refractivity contribution >= 4 is 29.3 Å². The number of hydrogen-bond acceptors (Lipinski definition) is 5. The van der Waals surface area contributed by atoms with E-state index in [9.17, 15) is 19.7 Å². The minimum absolute atomic E-state index is 0.00623. The maximum absolute atomic E-state index is 12.3. The van der Waals surface area contributed by atoms with Gasteiger partial charge in [0.1, 0.15) is 11.9 Å². The van der Waals surface area contributed by atoms with Crippen LogP contribution in [0.1, 0.15) is 23.8 Å². The van der Waals surface area contributed by atoms with Gasteiger partial charge in [0, 0.05) is 25.2 Å². The Labute approximate surface area is 137 Å². The second-order valence-electron chi connectivity index (χ2n) is 5.62. The summed E-state index contributed by atoms with van der Waals surface area (Å²) < 4.78 is 0. The van der Waals surface area contributed by atoms with Crippen LogP contribution in [0.5, 0.6) is 0 Å². The van der Waals surface area contributed by atoms with Crippen molar-refractivity contribution in [3.8, 4) is 0 Å². The number of non-ortho nitro benzene ring substituents is 1. The molecule has 0 aromatic heterocycles. The van der Waals surface area contributed by atoms with Crippen molar-refractivity contribution in [2.45, 2.75) is 18.2 Å². The van der Waals surface area contributed by atoms with Crippen molar-refractivity contribution in [2.75, 3.05) is 25.4 Å². The van der Waals surface area contributed by atoms with E-state index >= 15 is 0 Å². The minimum atomic E-state index is -0.454. The molecule has 2 heterocycles. The quantitative estimate of drug-likeness (QED) is 0.619. The van der Waals surface area contributed by atoms with E-state index in [2.05, 4.69) is 0 Å². The third-order valence-corrected chi connectivity index (χ3v) is 5.35. The van der Waals surface area contributed by atoms with E-state index in [0.29, 0.717) is 11.3 Å². The van der Waals surface area contributed by atoms with Crippen LogP contribution in [0.3, 0.4) is 0 Å². The molecule has 1 atom stereocenters. The lowest BCUT2D eigenvalue weighted by atomic mass is 10.2. The van der Waals surface area contributed by atoms with E-state index in [4.69, 9.17) is 0 Å². The van der Waals surface area contributed by atoms with Gasteiger partial charge in [-0.1, -0.05) is 12.1 Å². The molecular weight excluding hydrogens is 318 g/mol. The van der Waals surface area contributed by atoms with Gasteiger partial charge in [0.15, 0.2) is 0 Å². The molecule has 8 heteroatoms. The zero-order valence-electron chi connectivity index (χ0n) is 12.5. The summed E-state index contributed by atoms with van der Waals surface area (Å²) in [5, 5.41) is 10.6. The van der Waals surface area contributed by atoms with Gasteiger partial charge in [-0.2, -0.15) is 0 Å². The number of hydrogen-bond donors (Lipinski definition) is 0. The molecule has 0 saturated carbocycles. The second-order valence-corrected chi connectivity index (χ2v) is 6.69. The van der Waals surface area contributed by atoms with Gasteiger partial charge < -0.3 is 9.80 Å². The molecule has 1 unspecified atom stereocenters. The number of carbonyl (C=O) groups is 2. The molecule has 0 spiro atoms. The molecule has 1 aromatic rings. The number of rotatable bonds is 4. The molecular formula is C15H17N3O4S. The molecule has 2 saturated heterocycles. The molecule has 0 radical (unpaired) electrons. The summed E-state index contributed by atoms with van der Waals surface area (Å²) in [5.74, 6) is 0.147. The fourth-order valence-electron chi connectivity index (χ4n) is 2.91. The first kappa shape index (κ1) is 15.8. The summed E-state index contributed by atoms with van der Waals surface area (Å²) in [5.41, 5.74) is 0.678. The van der Waals surface area contributed by atoms with Crippen molar-refractivity contribution in [1.82, 2.24) is 9.80 Å². The maximum Gasteiger partial charge on any atom is 0.269 e. The fraction of sp³-hybridized carbons (Fsp3) is 0.467. The van der Waals surface area contributed by atoms with E-state index in [0.717, 1.165) is 25.9 Å². The lowest BCUT2D eigenvalue weighted by molar-refractivity contribution is -0.384. The Kier molecular flexibility index (Phi) is 4.51. The van der Waals surface area contributed by atoms with Gasteiger partial charge >= 0.3 is 0 Å². The first-order valence-corrected chi connectivity index (χ1v) is 8.54. The third-order valence-electron chi connectivity index (χ3n) is 4.10. The van der Waals surface area contributed by atoms with Crippen LogP contribution in [0.15, 0.2) is 24.3 Å². The normalized spacial score (nSPS) is 21.0. The summed E-state index contributed by atoms with van der Waals surface area (Å²) >= 11 is 1.40. The average Bonchev–Trinajstić information content (AvgIpc) is 3.18. The van der Waals surface area contributed by atoms with E-state index in [-0.39, 0.29) is 29.4 Å². The van der Waals surface area contributed by atoms with E-state index in [1.165, 1.54) is 28.8 Å². The Morgan fingerprint density at radius 3 is 2.78 bits per heavy atom. The Bertz CT molecular complexity index is 645. The summed E-state index contributed by atoms with van der Waals surface area (Å²) in [6.45, 7) is 1.53. The monoisotopic (exact) mass is 335 g/mol. The molecule has 1 aromatic carbocycles. The van der Waals surface area contributed by atoms with Crippen molar-refractivity contribution in [3.05, 3.63) is 39.9 Å². The number of carbonyl (C=O) groups excluding carboxylic acids is 2. The predicted octanol–water partition coefficient (Wildman–Crippen LogP) is 1.79. The van der Waals surface area contributed by atoms with Crippen molar-refractivity contribution in [1.29, 1.82) is 0 Å². The molecule has 2 amide bonds. The molecule has 0 aliphatic carbocycles. The maximum atomic E-state index is 12.3. The highest BCUT2D eigenvalue weighted by molar-refractivity contribution is 8.00. The van der Waals surface area contributed by atoms with Crippen LogP contribution in [0, 0.1) is 10.1 Å². The SMILES string of the molecule is O=C(CN1C(=O)CSC1c1cccc([N+](=O)[O-])c1)N1CCCC1. The zero-order valence-corrected chi connectivity index (χ0v) is 13.3. The fourth-order valence-corrected chi connectivity index (χ4v) is 4.08. The highest BCUT2D eigenvalue weighted by Gasteiger charge is 2.35. The molecule has 7 nitrogen and oxygen atoms in total. The molecule has 2 aliphatic rings. The van der Waals surface area contributed by atoms with Crippen LogP contribution in [0.4, 0.5) is 5.69 Å². The third kappa shape index (κ3) is 3.31. The number of likely N-dealkylation sites (tertiary alicyclic amines) is 1. The van der Waals surface area contributed by atoms with E-state index in [1.807, 2.05) is 0 Å². The number of nitrogens with zero attached hydrogens (tertiary/aromatic N) is 3. The van der Waals surface area contributed by atoms with E-state index < -0.39 is 4.92 Å². The van der Waals surface area contributed by atoms with Crippen molar-refractivity contribution < 1.29 is 14.5 Å². The van der Waals surface area contributed by atoms with Crippen LogP contribution < -0.4 is 0 Å². The Hall–Kier alpha value is -2.09. The van der Waals surface area contributed by atoms with Gasteiger partial charge in [-0.05, 0) is 18.4 Å². The van der Waals surface area contributed by atoms with E-state index in [1.54, 1.807) is 17.0 Å². The smallest absolute Gasteiger partial charge is 0.269 e. The number of nitro benzene ring substituents is 1. The standard InChI is InChI=1S/C15H17N3O4S/c19-13(16-6-1-2-7-16)9-17-14(20)10-23-15(17)11-4-3-5-12(8-11)18(21)22/h3-5,8,15H,1-2,6-7,9-10H2. The van der Waals surface area contributed by atoms with Crippen LogP contribution in [-0.4, -0.2) is 51.9 Å². The highest BCUT2D eigenvalue weighted by Crippen LogP contribution is 2.39. The Morgan fingerprint density at radius 2 is 2.09 bits per heavy atom. The Balaban J connectivity index is 1.78. The van der Waals surface area contributed by atoms with Crippen molar-refractivity contribution in [2.24, 2.45) is 0 Å². The predicted molar refractivity (Wildman–Crippen MR) is 85.8 cm³/mol. The van der Waals surface area contributed by atoms with Crippen LogP contribution in [0.2, 0.25) is 0 Å². The summed E-state index contributed by atoms with van der Waals surface area (Å²) in [6.07, 6.45) is 2.01. The number of nitro groups is 1. The topological polar surface area (TPSA) is 83.8 Å². The summed E-state index contributed by atoms with van der Waals surface area (Å²) in [6, 6.07) is 6.27. The largest absolute Gasteiger partial charge is 0.341 e. The second kappa shape index (κ2) is 6.57. The van der Waals surface area contributed by atoms with Gasteiger partial charge in [-0.15, -0.1) is 11.8 Å². The lowest BCUT2D eigenvalue weighted by Crippen LogP contribution is -2.40. The average molecular weight is 335 g/mol. The van der Waals surface area contributed by atoms with Crippen LogP contribution in [-0.2, 0) is 9.59 Å². The number of benzene rings is 1. The van der Waals surface area contributed by atoms with Gasteiger partial charge in [0.05, 0.1) is 10.7 Å². The first-order chi connectivity index (χ1) is 11.1. The first-order valence-electron chi connectivity index (χ1n) is 7.49. The molecule has 0 N–H and O–H groups in total. The minimum Gasteiger partial charge on any atom is -0.341 e. The molecule has 0 bridgehead atoms. The molecule has 2 fully saturated rings. The molecule has 122 valence electrons. The number of thioether (sulfide) groups is 1. The number of amides is 2. The van der Waals surface area contributed by atoms with Crippen LogP contribution in [0.25, 0.3) is 0 Å². The molecule has 3 rings (SSSR count). The summed E-state index contributed by atoms with van der Waals surface area (Å²) in [4.78, 5) is 38.2. The molecule has 2 aliphatic heterocycles. The lowest BCUT2D eigenvalue weighted by Gasteiger charge is -2.26. The zero-order chi connectivity index (χ0) is 16.4.